The number of nitrogens with one attached hydrogen (secondary N) is 1. The van der Waals surface area contributed by atoms with Crippen LogP contribution in [0.25, 0.3) is 23.0 Å². The molecule has 0 spiro atoms. The summed E-state index contributed by atoms with van der Waals surface area (Å²) in [6, 6.07) is 2.01. The summed E-state index contributed by atoms with van der Waals surface area (Å²) in [5.41, 5.74) is 5.15. The van der Waals surface area contributed by atoms with Gasteiger partial charge in [-0.2, -0.15) is 10.1 Å². The van der Waals surface area contributed by atoms with Gasteiger partial charge in [0.15, 0.2) is 5.69 Å². The molecule has 0 aliphatic heterocycles. The number of aromatic nitrogens is 5. The van der Waals surface area contributed by atoms with Gasteiger partial charge in [0.05, 0.1) is 19.3 Å². The molecule has 0 unspecified atom stereocenters. The minimum atomic E-state index is -0.544. The average Bonchev–Trinajstić information content (AvgIpc) is 3.42. The largest absolute Gasteiger partial charge is 0.481 e. The number of hydrogen-bond donors (Lipinski definition) is 1. The van der Waals surface area contributed by atoms with Gasteiger partial charge in [-0.15, -0.1) is 0 Å². The lowest BCUT2D eigenvalue weighted by Gasteiger charge is -2.30. The van der Waals surface area contributed by atoms with E-state index < -0.39 is 11.7 Å². The lowest BCUT2D eigenvalue weighted by molar-refractivity contribution is 0.0525. The van der Waals surface area contributed by atoms with Gasteiger partial charge >= 0.3 is 6.09 Å². The highest BCUT2D eigenvalue weighted by atomic mass is 16.6. The summed E-state index contributed by atoms with van der Waals surface area (Å²) in [4.78, 5) is 21.4. The van der Waals surface area contributed by atoms with Gasteiger partial charge in [0.1, 0.15) is 5.60 Å². The monoisotopic (exact) mass is 510 g/mol. The Hall–Kier alpha value is -3.43. The quantitative estimate of drug-likeness (QED) is 0.476. The Morgan fingerprint density at radius 3 is 2.70 bits per heavy atom. The number of nitrogens with zero attached hydrogens (tertiary/aromatic N) is 5. The molecule has 1 amide bonds. The molecular weight excluding hydrogens is 472 g/mol. The molecule has 0 radical (unpaired) electrons. The van der Waals surface area contributed by atoms with Crippen molar-refractivity contribution in [1.82, 2.24) is 30.2 Å². The number of pyridine rings is 1. The third kappa shape index (κ3) is 5.94. The number of amides is 1. The van der Waals surface area contributed by atoms with E-state index in [2.05, 4.69) is 36.2 Å². The fourth-order valence-electron chi connectivity index (χ4n) is 4.64. The fourth-order valence-corrected chi connectivity index (χ4v) is 4.64. The summed E-state index contributed by atoms with van der Waals surface area (Å²) in [5.74, 6) is 1.48. The Labute approximate surface area is 218 Å². The highest BCUT2D eigenvalue weighted by Crippen LogP contribution is 2.39. The molecule has 1 aliphatic rings. The van der Waals surface area contributed by atoms with Gasteiger partial charge in [-0.25, -0.2) is 9.78 Å². The van der Waals surface area contributed by atoms with E-state index in [0.717, 1.165) is 53.8 Å². The lowest BCUT2D eigenvalue weighted by Crippen LogP contribution is -2.34. The molecule has 0 aromatic carbocycles. The topological polar surface area (TPSA) is 117 Å². The zero-order valence-corrected chi connectivity index (χ0v) is 23.2. The van der Waals surface area contributed by atoms with E-state index in [4.69, 9.17) is 24.1 Å². The minimum absolute atomic E-state index is 0.156. The van der Waals surface area contributed by atoms with Crippen molar-refractivity contribution in [3.63, 3.8) is 0 Å². The maximum Gasteiger partial charge on any atom is 0.407 e. The molecule has 3 aromatic heterocycles. The number of carbonyl (C=O) groups excluding carboxylic acids is 1. The number of carbonyl (C=O) groups is 1. The molecular formula is C27H38N6O4. The van der Waals surface area contributed by atoms with E-state index in [0.29, 0.717) is 36.4 Å². The first-order valence-corrected chi connectivity index (χ1v) is 12.8. The molecule has 37 heavy (non-hydrogen) atoms. The summed E-state index contributed by atoms with van der Waals surface area (Å²) in [7, 11) is 1.62. The van der Waals surface area contributed by atoms with Crippen LogP contribution in [-0.4, -0.2) is 50.3 Å². The number of aryl methyl sites for hydroxylation is 2. The van der Waals surface area contributed by atoms with E-state index in [1.54, 1.807) is 7.11 Å². The molecule has 0 atom stereocenters. The third-order valence-corrected chi connectivity index (χ3v) is 6.55. The molecule has 3 aromatic rings. The zero-order chi connectivity index (χ0) is 27.0. The third-order valence-electron chi connectivity index (χ3n) is 6.55. The highest BCUT2D eigenvalue weighted by molar-refractivity contribution is 5.67. The van der Waals surface area contributed by atoms with Gasteiger partial charge < -0.3 is 19.3 Å². The van der Waals surface area contributed by atoms with E-state index in [-0.39, 0.29) is 5.41 Å². The standard InChI is InChI=1S/C27H38N6O4/c1-9-17-14-19(16(2)29-23(17)35-8)22-30-24(37-32-22)21-18-10-11-27(6,7)15-20(18)33(31-21)13-12-28-25(34)36-26(3,4)5/h14H,9-13,15H2,1-8H3,(H,28,34). The molecule has 10 heteroatoms. The number of methoxy groups -OCH3 is 1. The molecule has 3 heterocycles. The van der Waals surface area contributed by atoms with Crippen LogP contribution < -0.4 is 10.1 Å². The summed E-state index contributed by atoms with van der Waals surface area (Å²) in [5, 5.41) is 12.0. The van der Waals surface area contributed by atoms with Crippen LogP contribution in [0.3, 0.4) is 0 Å². The first-order valence-electron chi connectivity index (χ1n) is 12.8. The van der Waals surface area contributed by atoms with Crippen LogP contribution >= 0.6 is 0 Å². The number of rotatable bonds is 7. The van der Waals surface area contributed by atoms with Crippen molar-refractivity contribution in [1.29, 1.82) is 0 Å². The number of ether oxygens (including phenoxy) is 2. The highest BCUT2D eigenvalue weighted by Gasteiger charge is 2.33. The van der Waals surface area contributed by atoms with Crippen molar-refractivity contribution in [3.8, 4) is 28.9 Å². The second-order valence-corrected chi connectivity index (χ2v) is 11.3. The summed E-state index contributed by atoms with van der Waals surface area (Å²) >= 11 is 0. The Balaban J connectivity index is 1.62. The lowest BCUT2D eigenvalue weighted by atomic mass is 9.76. The smallest absolute Gasteiger partial charge is 0.407 e. The van der Waals surface area contributed by atoms with Crippen molar-refractivity contribution >= 4 is 6.09 Å². The van der Waals surface area contributed by atoms with Gasteiger partial charge in [0.2, 0.25) is 11.7 Å². The van der Waals surface area contributed by atoms with Gasteiger partial charge in [0, 0.05) is 28.9 Å². The van der Waals surface area contributed by atoms with Crippen molar-refractivity contribution in [2.45, 2.75) is 86.3 Å². The second-order valence-electron chi connectivity index (χ2n) is 11.3. The zero-order valence-electron chi connectivity index (χ0n) is 23.2. The Bertz CT molecular complexity index is 1280. The van der Waals surface area contributed by atoms with E-state index >= 15 is 0 Å². The minimum Gasteiger partial charge on any atom is -0.481 e. The molecule has 1 N–H and O–H groups in total. The second kappa shape index (κ2) is 10.1. The first kappa shape index (κ1) is 26.6. The van der Waals surface area contributed by atoms with E-state index in [9.17, 15) is 4.79 Å². The Morgan fingerprint density at radius 1 is 1.27 bits per heavy atom. The van der Waals surface area contributed by atoms with Crippen LogP contribution in [0, 0.1) is 12.3 Å². The Kier molecular flexibility index (Phi) is 7.30. The van der Waals surface area contributed by atoms with Gasteiger partial charge in [-0.05, 0) is 64.9 Å². The summed E-state index contributed by atoms with van der Waals surface area (Å²) in [6.07, 6.45) is 3.13. The first-order chi connectivity index (χ1) is 17.4. The molecule has 0 bridgehead atoms. The van der Waals surface area contributed by atoms with Crippen LogP contribution in [0.5, 0.6) is 5.88 Å². The predicted octanol–water partition coefficient (Wildman–Crippen LogP) is 4.91. The molecule has 10 nitrogen and oxygen atoms in total. The maximum atomic E-state index is 12.1. The van der Waals surface area contributed by atoms with Crippen molar-refractivity contribution in [2.75, 3.05) is 13.7 Å². The summed E-state index contributed by atoms with van der Waals surface area (Å²) < 4.78 is 18.5. The van der Waals surface area contributed by atoms with Gasteiger partial charge in [0.25, 0.3) is 5.89 Å². The van der Waals surface area contributed by atoms with Crippen LogP contribution in [0.15, 0.2) is 10.6 Å². The fraction of sp³-hybridized carbons (Fsp3) is 0.593. The molecule has 4 rings (SSSR count). The number of alkyl carbamates (subject to hydrolysis) is 1. The van der Waals surface area contributed by atoms with Crippen LogP contribution in [-0.2, 0) is 30.5 Å². The van der Waals surface area contributed by atoms with Crippen molar-refractivity contribution in [3.05, 3.63) is 28.6 Å². The molecule has 0 saturated heterocycles. The predicted molar refractivity (Wildman–Crippen MR) is 139 cm³/mol. The van der Waals surface area contributed by atoms with Crippen LogP contribution in [0.2, 0.25) is 0 Å². The van der Waals surface area contributed by atoms with Gasteiger partial charge in [-0.3, -0.25) is 4.68 Å². The normalized spacial score (nSPS) is 14.8. The Morgan fingerprint density at radius 2 is 2.03 bits per heavy atom. The van der Waals surface area contributed by atoms with E-state index in [1.807, 2.05) is 38.4 Å². The van der Waals surface area contributed by atoms with Crippen LogP contribution in [0.4, 0.5) is 4.79 Å². The number of fused-ring (bicyclic) bond motifs is 1. The summed E-state index contributed by atoms with van der Waals surface area (Å²) in [6.45, 7) is 14.9. The number of hydrogen-bond acceptors (Lipinski definition) is 8. The van der Waals surface area contributed by atoms with Crippen LogP contribution in [0.1, 0.15) is 70.5 Å². The van der Waals surface area contributed by atoms with Crippen molar-refractivity contribution in [2.24, 2.45) is 5.41 Å². The average molecular weight is 511 g/mol. The van der Waals surface area contributed by atoms with Gasteiger partial charge in [-0.1, -0.05) is 25.9 Å². The maximum absolute atomic E-state index is 12.1. The molecule has 1 aliphatic carbocycles. The molecule has 200 valence electrons. The SMILES string of the molecule is CCc1cc(-c2noc(-c3nn(CCNC(=O)OC(C)(C)C)c4c3CCC(C)(C)C4)n2)c(C)nc1OC. The van der Waals surface area contributed by atoms with Crippen molar-refractivity contribution < 1.29 is 18.8 Å². The van der Waals surface area contributed by atoms with E-state index in [1.165, 1.54) is 0 Å². The molecule has 0 fully saturated rings. The molecule has 0 saturated carbocycles.